The van der Waals surface area contributed by atoms with Gasteiger partial charge >= 0.3 is 0 Å². The van der Waals surface area contributed by atoms with E-state index in [-0.39, 0.29) is 45.8 Å². The van der Waals surface area contributed by atoms with Crippen LogP contribution in [0.1, 0.15) is 59.8 Å². The zero-order chi connectivity index (χ0) is 20.6. The second-order valence-electron chi connectivity index (χ2n) is 9.77. The Morgan fingerprint density at radius 1 is 1.18 bits per heavy atom. The van der Waals surface area contributed by atoms with E-state index in [0.717, 1.165) is 35.7 Å². The van der Waals surface area contributed by atoms with Crippen LogP contribution in [-0.2, 0) is 14.4 Å². The van der Waals surface area contributed by atoms with Gasteiger partial charge in [-0.2, -0.15) is 0 Å². The Morgan fingerprint density at radius 3 is 2.50 bits per heavy atom. The van der Waals surface area contributed by atoms with Gasteiger partial charge < -0.3 is 0 Å². The minimum absolute atomic E-state index is 0.0282. The Labute approximate surface area is 170 Å². The SMILES string of the molecule is C=C1C2=C(SC(C)=O)C(=O)CC[C@]2(C)[C@@H]2CC[C@]3(C)C(=O)C(F)C[C@H]3[C@@H]2C1C. The standard InChI is InChI=1S/C23H29FO3S/c1-11-12(2)19-20(28-13(3)25)17(26)7-9-22(19,4)14-6-8-23(5)15(18(11)14)10-16(24)21(23)27/h11,14-16,18H,2,6-10H2,1,3-5H3/t11?,14-,15+,16?,18-,22-,23+/m1/s1. The fourth-order valence-corrected chi connectivity index (χ4v) is 7.96. The van der Waals surface area contributed by atoms with Gasteiger partial charge in [0.25, 0.3) is 0 Å². The monoisotopic (exact) mass is 404 g/mol. The number of hydrogen-bond acceptors (Lipinski definition) is 4. The van der Waals surface area contributed by atoms with Gasteiger partial charge in [0.15, 0.2) is 22.9 Å². The van der Waals surface area contributed by atoms with Crippen molar-refractivity contribution < 1.29 is 18.8 Å². The molecule has 4 aliphatic carbocycles. The highest BCUT2D eigenvalue weighted by Gasteiger charge is 2.64. The molecule has 0 spiro atoms. The molecule has 0 saturated heterocycles. The summed E-state index contributed by atoms with van der Waals surface area (Å²) in [7, 11) is 0. The van der Waals surface area contributed by atoms with Crippen molar-refractivity contribution in [3.63, 3.8) is 0 Å². The number of fused-ring (bicyclic) bond motifs is 5. The third-order valence-electron chi connectivity index (χ3n) is 8.47. The number of carbonyl (C=O) groups excluding carboxylic acids is 3. The van der Waals surface area contributed by atoms with Crippen LogP contribution >= 0.6 is 11.8 Å². The van der Waals surface area contributed by atoms with Gasteiger partial charge in [-0.15, -0.1) is 0 Å². The zero-order valence-corrected chi connectivity index (χ0v) is 18.0. The van der Waals surface area contributed by atoms with Crippen LogP contribution in [0.4, 0.5) is 4.39 Å². The number of carbonyl (C=O) groups is 3. The van der Waals surface area contributed by atoms with E-state index in [1.54, 1.807) is 0 Å². The Bertz CT molecular complexity index is 830. The highest BCUT2D eigenvalue weighted by Crippen LogP contribution is 2.68. The van der Waals surface area contributed by atoms with E-state index < -0.39 is 11.6 Å². The lowest BCUT2D eigenvalue weighted by atomic mass is 9.44. The molecule has 0 radical (unpaired) electrons. The predicted molar refractivity (Wildman–Crippen MR) is 108 cm³/mol. The molecule has 5 heteroatoms. The summed E-state index contributed by atoms with van der Waals surface area (Å²) in [6.45, 7) is 12.1. The van der Waals surface area contributed by atoms with Crippen molar-refractivity contribution in [2.45, 2.75) is 66.0 Å². The maximum absolute atomic E-state index is 14.5. The quantitative estimate of drug-likeness (QED) is 0.613. The van der Waals surface area contributed by atoms with Crippen molar-refractivity contribution in [3.05, 3.63) is 22.6 Å². The van der Waals surface area contributed by atoms with Gasteiger partial charge in [0.1, 0.15) is 0 Å². The van der Waals surface area contributed by atoms with Crippen molar-refractivity contribution in [1.29, 1.82) is 0 Å². The molecule has 3 saturated carbocycles. The lowest BCUT2D eigenvalue weighted by Gasteiger charge is -2.60. The fraction of sp³-hybridized carbons (Fsp3) is 0.696. The van der Waals surface area contributed by atoms with E-state index in [4.69, 9.17) is 0 Å². The summed E-state index contributed by atoms with van der Waals surface area (Å²) in [6, 6.07) is 0. The largest absolute Gasteiger partial charge is 0.296 e. The van der Waals surface area contributed by atoms with Gasteiger partial charge in [-0.25, -0.2) is 4.39 Å². The average molecular weight is 405 g/mol. The molecule has 0 amide bonds. The lowest BCUT2D eigenvalue weighted by molar-refractivity contribution is -0.135. The normalized spacial score (nSPS) is 45.6. The Balaban J connectivity index is 1.84. The van der Waals surface area contributed by atoms with Gasteiger partial charge in [0, 0.05) is 18.8 Å². The van der Waals surface area contributed by atoms with Crippen molar-refractivity contribution in [1.82, 2.24) is 0 Å². The molecular weight excluding hydrogens is 375 g/mol. The summed E-state index contributed by atoms with van der Waals surface area (Å²) in [5.74, 6) is 0.410. The number of alkyl halides is 1. The van der Waals surface area contributed by atoms with E-state index in [0.29, 0.717) is 24.2 Å². The molecule has 0 aromatic rings. The predicted octanol–water partition coefficient (Wildman–Crippen LogP) is 5.05. The molecule has 3 nitrogen and oxygen atoms in total. The van der Waals surface area contributed by atoms with Crippen molar-refractivity contribution in [3.8, 4) is 0 Å². The number of thioether (sulfide) groups is 1. The van der Waals surface area contributed by atoms with E-state index in [2.05, 4.69) is 20.4 Å². The molecule has 28 heavy (non-hydrogen) atoms. The van der Waals surface area contributed by atoms with E-state index >= 15 is 0 Å². The number of halogens is 1. The molecular formula is C23H29FO3S. The minimum Gasteiger partial charge on any atom is -0.296 e. The molecule has 4 aliphatic rings. The Morgan fingerprint density at radius 2 is 1.86 bits per heavy atom. The van der Waals surface area contributed by atoms with Crippen molar-refractivity contribution in [2.75, 3.05) is 0 Å². The molecule has 2 unspecified atom stereocenters. The molecule has 0 aromatic heterocycles. The van der Waals surface area contributed by atoms with Gasteiger partial charge in [-0.3, -0.25) is 14.4 Å². The maximum atomic E-state index is 14.5. The summed E-state index contributed by atoms with van der Waals surface area (Å²) in [5.41, 5.74) is 1.08. The maximum Gasteiger partial charge on any atom is 0.190 e. The smallest absolute Gasteiger partial charge is 0.190 e. The van der Waals surface area contributed by atoms with Gasteiger partial charge in [-0.05, 0) is 77.7 Å². The first-order chi connectivity index (χ1) is 13.0. The lowest BCUT2D eigenvalue weighted by Crippen LogP contribution is -2.54. The summed E-state index contributed by atoms with van der Waals surface area (Å²) < 4.78 is 14.5. The Hall–Kier alpha value is -1.23. The Kier molecular flexibility index (Phi) is 4.57. The summed E-state index contributed by atoms with van der Waals surface area (Å²) in [6.07, 6.45) is 1.72. The molecule has 0 aromatic carbocycles. The van der Waals surface area contributed by atoms with Gasteiger partial charge in [0.2, 0.25) is 0 Å². The van der Waals surface area contributed by atoms with Crippen LogP contribution in [0.5, 0.6) is 0 Å². The summed E-state index contributed by atoms with van der Waals surface area (Å²) >= 11 is 1.05. The molecule has 0 heterocycles. The van der Waals surface area contributed by atoms with E-state index in [9.17, 15) is 18.8 Å². The van der Waals surface area contributed by atoms with Crippen molar-refractivity contribution in [2.24, 2.45) is 34.5 Å². The number of allylic oxidation sites excluding steroid dienone is 2. The molecule has 4 rings (SSSR count). The molecule has 0 aliphatic heterocycles. The van der Waals surface area contributed by atoms with E-state index in [1.807, 2.05) is 6.92 Å². The van der Waals surface area contributed by atoms with Crippen molar-refractivity contribution >= 4 is 28.4 Å². The first kappa shape index (κ1) is 20.1. The molecule has 0 bridgehead atoms. The van der Waals surface area contributed by atoms with E-state index in [1.165, 1.54) is 6.92 Å². The highest BCUT2D eigenvalue weighted by atomic mass is 32.2. The number of rotatable bonds is 1. The topological polar surface area (TPSA) is 51.2 Å². The third-order valence-corrected chi connectivity index (χ3v) is 9.39. The summed E-state index contributed by atoms with van der Waals surface area (Å²) in [4.78, 5) is 37.7. The summed E-state index contributed by atoms with van der Waals surface area (Å²) in [5, 5.41) is -0.0828. The number of Topliss-reactive ketones (excluding diaryl/α,β-unsaturated/α-hetero) is 2. The molecule has 7 atom stereocenters. The molecule has 152 valence electrons. The van der Waals surface area contributed by atoms with Crippen LogP contribution < -0.4 is 0 Å². The fourth-order valence-electron chi connectivity index (χ4n) is 7.00. The second-order valence-corrected chi connectivity index (χ2v) is 11.0. The first-order valence-electron chi connectivity index (χ1n) is 10.4. The zero-order valence-electron chi connectivity index (χ0n) is 17.1. The van der Waals surface area contributed by atoms with Crippen LogP contribution in [0.2, 0.25) is 0 Å². The minimum atomic E-state index is -1.35. The molecule has 3 fully saturated rings. The van der Waals surface area contributed by atoms with Crippen LogP contribution in [0.15, 0.2) is 22.6 Å². The van der Waals surface area contributed by atoms with Crippen LogP contribution in [0.3, 0.4) is 0 Å². The van der Waals surface area contributed by atoms with Crippen LogP contribution in [0.25, 0.3) is 0 Å². The second kappa shape index (κ2) is 6.38. The van der Waals surface area contributed by atoms with Gasteiger partial charge in [0.05, 0.1) is 4.91 Å². The van der Waals surface area contributed by atoms with Crippen LogP contribution in [-0.4, -0.2) is 22.9 Å². The number of ketones is 2. The third kappa shape index (κ3) is 2.50. The van der Waals surface area contributed by atoms with Crippen LogP contribution in [0, 0.1) is 34.5 Å². The number of hydrogen-bond donors (Lipinski definition) is 0. The van der Waals surface area contributed by atoms with Gasteiger partial charge in [-0.1, -0.05) is 27.4 Å². The molecule has 0 N–H and O–H groups in total. The highest BCUT2D eigenvalue weighted by molar-refractivity contribution is 8.17. The first-order valence-corrected chi connectivity index (χ1v) is 11.2. The average Bonchev–Trinajstić information content (AvgIpc) is 2.85.